The largest absolute Gasteiger partial charge is 0.545 e. The number of carboxylic acids is 1. The van der Waals surface area contributed by atoms with Crippen molar-refractivity contribution >= 4 is 30.2 Å². The van der Waals surface area contributed by atoms with Crippen LogP contribution in [0.5, 0.6) is 0 Å². The van der Waals surface area contributed by atoms with Crippen molar-refractivity contribution < 1.29 is 14.3 Å². The maximum Gasteiger partial charge on any atom is 0.279 e. The molecular weight excluding hydrogens is 392 g/mol. The van der Waals surface area contributed by atoms with Crippen LogP contribution in [0.4, 0.5) is 0 Å². The molecule has 2 aromatic carbocycles. The zero-order valence-corrected chi connectivity index (χ0v) is 15.8. The zero-order chi connectivity index (χ0) is 20.5. The van der Waals surface area contributed by atoms with Crippen molar-refractivity contribution in [3.63, 3.8) is 0 Å². The van der Waals surface area contributed by atoms with Gasteiger partial charge in [0.1, 0.15) is 11.5 Å². The number of hydrogen-bond donors (Lipinski definition) is 1. The van der Waals surface area contributed by atoms with Crippen molar-refractivity contribution in [2.75, 3.05) is 0 Å². The fourth-order valence-corrected chi connectivity index (χ4v) is 3.04. The Hall–Kier alpha value is -3.77. The summed E-state index contributed by atoms with van der Waals surface area (Å²) >= 11 is 5.91. The summed E-state index contributed by atoms with van der Waals surface area (Å²) in [6.45, 7) is 3.88. The summed E-state index contributed by atoms with van der Waals surface area (Å²) < 4.78 is 7.11. The molecule has 6 nitrogen and oxygen atoms in total. The topological polar surface area (TPSA) is 91.1 Å². The first kappa shape index (κ1) is 18.6. The van der Waals surface area contributed by atoms with Crippen LogP contribution in [0.25, 0.3) is 29.7 Å². The Bertz CT molecular complexity index is 1360. The van der Waals surface area contributed by atoms with Crippen LogP contribution in [0.15, 0.2) is 69.9 Å². The summed E-state index contributed by atoms with van der Waals surface area (Å²) in [5, 5.41) is 15.1. The van der Waals surface area contributed by atoms with Crippen LogP contribution < -0.4 is 21.2 Å². The fraction of sp³-hybridized carbons (Fsp3) is 0. The molecular formula is C22H14ClN2O4-. The van der Waals surface area contributed by atoms with Gasteiger partial charge >= 0.3 is 0 Å². The molecule has 0 saturated carbocycles. The average molecular weight is 406 g/mol. The third kappa shape index (κ3) is 3.66. The van der Waals surface area contributed by atoms with E-state index in [1.807, 2.05) is 18.2 Å². The zero-order valence-electron chi connectivity index (χ0n) is 15.0. The standard InChI is InChI=1S/C22H15ClN2O4/c1-13-19(12-18-10-11-20(29-18)14-2-6-16(23)7-3-14)21(26)25(24-13)17-8-4-15(5-9-17)22(27)28/h2-12,24H,1H2,(H,27,28)/p-1/b19-12-. The van der Waals surface area contributed by atoms with Gasteiger partial charge in [0, 0.05) is 10.6 Å². The van der Waals surface area contributed by atoms with E-state index in [9.17, 15) is 14.7 Å². The van der Waals surface area contributed by atoms with Crippen LogP contribution in [0.3, 0.4) is 0 Å². The number of rotatable bonds is 4. The lowest BCUT2D eigenvalue weighted by Crippen LogP contribution is -2.33. The van der Waals surface area contributed by atoms with E-state index in [-0.39, 0.29) is 11.1 Å². The second-order valence-electron chi connectivity index (χ2n) is 6.33. The molecule has 4 rings (SSSR count). The number of nitrogens with zero attached hydrogens (tertiary/aromatic N) is 1. The van der Waals surface area contributed by atoms with Crippen molar-refractivity contribution in [2.45, 2.75) is 0 Å². The summed E-state index contributed by atoms with van der Waals surface area (Å²) in [6, 6.07) is 16.6. The average Bonchev–Trinajstić information content (AvgIpc) is 3.29. The molecule has 2 heterocycles. The number of aromatic carboxylic acids is 1. The normalized spacial score (nSPS) is 11.7. The molecule has 0 fully saturated rings. The second-order valence-corrected chi connectivity index (χ2v) is 6.77. The highest BCUT2D eigenvalue weighted by atomic mass is 35.5. The van der Waals surface area contributed by atoms with Crippen LogP contribution in [-0.2, 0) is 0 Å². The molecule has 1 N–H and O–H groups in total. The van der Waals surface area contributed by atoms with Crippen LogP contribution in [-0.4, -0.2) is 15.7 Å². The molecule has 0 saturated heterocycles. The van der Waals surface area contributed by atoms with Gasteiger partial charge in [0.25, 0.3) is 5.56 Å². The third-order valence-corrected chi connectivity index (χ3v) is 4.66. The Morgan fingerprint density at radius 3 is 2.41 bits per heavy atom. The van der Waals surface area contributed by atoms with E-state index in [2.05, 4.69) is 11.7 Å². The molecule has 0 aliphatic carbocycles. The van der Waals surface area contributed by atoms with Crippen molar-refractivity contribution in [1.82, 2.24) is 9.78 Å². The molecule has 2 aromatic heterocycles. The molecule has 0 aliphatic heterocycles. The van der Waals surface area contributed by atoms with Gasteiger partial charge in [-0.05, 0) is 60.2 Å². The lowest BCUT2D eigenvalue weighted by Gasteiger charge is -2.04. The number of furan rings is 1. The van der Waals surface area contributed by atoms with Gasteiger partial charge in [-0.15, -0.1) is 0 Å². The molecule has 0 aliphatic rings. The highest BCUT2D eigenvalue weighted by Crippen LogP contribution is 2.23. The van der Waals surface area contributed by atoms with E-state index in [1.165, 1.54) is 28.9 Å². The number of nitrogens with one attached hydrogen (secondary N) is 1. The van der Waals surface area contributed by atoms with Crippen molar-refractivity contribution in [2.24, 2.45) is 0 Å². The molecule has 0 radical (unpaired) electrons. The highest BCUT2D eigenvalue weighted by molar-refractivity contribution is 6.30. The number of halogens is 1. The number of hydrogen-bond acceptors (Lipinski definition) is 4. The van der Waals surface area contributed by atoms with Crippen LogP contribution >= 0.6 is 11.6 Å². The summed E-state index contributed by atoms with van der Waals surface area (Å²) in [5.74, 6) is -0.140. The van der Waals surface area contributed by atoms with Crippen LogP contribution in [0.2, 0.25) is 5.02 Å². The number of H-pyrrole nitrogens is 1. The first-order valence-electron chi connectivity index (χ1n) is 8.61. The Balaban J connectivity index is 1.72. The van der Waals surface area contributed by atoms with Crippen molar-refractivity contribution in [1.29, 1.82) is 0 Å². The summed E-state index contributed by atoms with van der Waals surface area (Å²) in [6.07, 6.45) is 1.60. The predicted octanol–water partition coefficient (Wildman–Crippen LogP) is 1.68. The van der Waals surface area contributed by atoms with Gasteiger partial charge < -0.3 is 14.3 Å². The van der Waals surface area contributed by atoms with E-state index < -0.39 is 5.97 Å². The highest BCUT2D eigenvalue weighted by Gasteiger charge is 2.08. The van der Waals surface area contributed by atoms with Gasteiger partial charge in [0.15, 0.2) is 0 Å². The van der Waals surface area contributed by atoms with E-state index >= 15 is 0 Å². The number of carbonyl (C=O) groups is 1. The molecule has 4 aromatic rings. The van der Waals surface area contributed by atoms with Crippen LogP contribution in [0.1, 0.15) is 16.1 Å². The minimum absolute atomic E-state index is 0.0281. The third-order valence-electron chi connectivity index (χ3n) is 4.41. The lowest BCUT2D eigenvalue weighted by atomic mass is 10.2. The number of aromatic nitrogens is 2. The molecule has 0 amide bonds. The molecule has 29 heavy (non-hydrogen) atoms. The minimum atomic E-state index is -1.28. The summed E-state index contributed by atoms with van der Waals surface area (Å²) in [5.41, 5.74) is 1.04. The Labute approximate surface area is 169 Å². The number of aromatic amines is 1. The van der Waals surface area contributed by atoms with Crippen molar-refractivity contribution in [3.05, 3.63) is 97.9 Å². The minimum Gasteiger partial charge on any atom is -0.545 e. The molecule has 0 atom stereocenters. The van der Waals surface area contributed by atoms with Gasteiger partial charge in [-0.3, -0.25) is 9.89 Å². The fourth-order valence-electron chi connectivity index (χ4n) is 2.91. The van der Waals surface area contributed by atoms with Gasteiger partial charge in [-0.2, -0.15) is 0 Å². The van der Waals surface area contributed by atoms with Gasteiger partial charge in [-0.25, -0.2) is 4.68 Å². The molecule has 0 bridgehead atoms. The SMILES string of the molecule is C=c1[nH]n(-c2ccc(C(=O)[O-])cc2)c(=O)/c1=C\c1ccc(-c2ccc(Cl)cc2)o1. The molecule has 0 spiro atoms. The molecule has 0 unspecified atom stereocenters. The Morgan fingerprint density at radius 1 is 1.07 bits per heavy atom. The van der Waals surface area contributed by atoms with Crippen molar-refractivity contribution in [3.8, 4) is 17.0 Å². The maximum absolute atomic E-state index is 12.8. The monoisotopic (exact) mass is 405 g/mol. The van der Waals surface area contributed by atoms with E-state index in [0.29, 0.717) is 32.8 Å². The smallest absolute Gasteiger partial charge is 0.279 e. The quantitative estimate of drug-likeness (QED) is 0.559. The van der Waals surface area contributed by atoms with Crippen LogP contribution in [0, 0.1) is 0 Å². The number of benzene rings is 2. The Kier molecular flexibility index (Phi) is 4.70. The molecule has 144 valence electrons. The van der Waals surface area contributed by atoms with Gasteiger partial charge in [-0.1, -0.05) is 30.3 Å². The van der Waals surface area contributed by atoms with E-state index in [4.69, 9.17) is 16.0 Å². The number of carbonyl (C=O) groups excluding carboxylic acids is 1. The van der Waals surface area contributed by atoms with Gasteiger partial charge in [0.2, 0.25) is 0 Å². The second kappa shape index (κ2) is 7.33. The van der Waals surface area contributed by atoms with Gasteiger partial charge in [0.05, 0.1) is 22.2 Å². The summed E-state index contributed by atoms with van der Waals surface area (Å²) in [7, 11) is 0. The Morgan fingerprint density at radius 2 is 1.76 bits per heavy atom. The number of carboxylic acid groups (broad SMARTS) is 1. The first-order chi connectivity index (χ1) is 13.9. The van der Waals surface area contributed by atoms with E-state index in [1.54, 1.807) is 24.3 Å². The molecule has 7 heteroatoms. The first-order valence-corrected chi connectivity index (χ1v) is 8.99. The predicted molar refractivity (Wildman–Crippen MR) is 108 cm³/mol. The maximum atomic E-state index is 12.8. The lowest BCUT2D eigenvalue weighted by molar-refractivity contribution is -0.255. The van der Waals surface area contributed by atoms with E-state index in [0.717, 1.165) is 5.56 Å². The summed E-state index contributed by atoms with van der Waals surface area (Å²) in [4.78, 5) is 23.7.